The Hall–Kier alpha value is -2.78. The summed E-state index contributed by atoms with van der Waals surface area (Å²) in [7, 11) is 0. The number of nitrogen functional groups attached to an aromatic ring is 1. The number of aliphatic hydroxyl groups excluding tert-OH is 1. The molecule has 0 saturated carbocycles. The monoisotopic (exact) mass is 379 g/mol. The number of rotatable bonds is 5. The van der Waals surface area contributed by atoms with Crippen LogP contribution in [0.2, 0.25) is 5.02 Å². The van der Waals surface area contributed by atoms with E-state index in [-0.39, 0.29) is 23.9 Å². The van der Waals surface area contributed by atoms with Crippen LogP contribution >= 0.6 is 11.6 Å². The Morgan fingerprint density at radius 3 is 2.77 bits per heavy atom. The molecule has 0 aliphatic rings. The minimum Gasteiger partial charge on any atom is -0.397 e. The van der Waals surface area contributed by atoms with E-state index >= 15 is 0 Å². The molecule has 2 aromatic heterocycles. The lowest BCUT2D eigenvalue weighted by Gasteiger charge is -2.12. The van der Waals surface area contributed by atoms with Crippen molar-refractivity contribution in [1.82, 2.24) is 19.9 Å². The van der Waals surface area contributed by atoms with Gasteiger partial charge in [0.05, 0.1) is 11.9 Å². The molecule has 0 fully saturated rings. The average molecular weight is 380 g/mol. The number of nitrogens with zero attached hydrogens (tertiary/aromatic N) is 4. The molecule has 0 saturated heterocycles. The van der Waals surface area contributed by atoms with Crippen LogP contribution in [0.5, 0.6) is 0 Å². The van der Waals surface area contributed by atoms with Gasteiger partial charge in [0.2, 0.25) is 11.7 Å². The van der Waals surface area contributed by atoms with Crippen LogP contribution in [0.1, 0.15) is 35.1 Å². The lowest BCUT2D eigenvalue weighted by atomic mass is 10.1. The summed E-state index contributed by atoms with van der Waals surface area (Å²) >= 11 is 5.77. The van der Waals surface area contributed by atoms with Crippen LogP contribution in [0.3, 0.4) is 0 Å². The molecule has 3 rings (SSSR count). The van der Waals surface area contributed by atoms with Gasteiger partial charge in [-0.05, 0) is 24.6 Å². The predicted octanol–water partition coefficient (Wildman–Crippen LogP) is 1.96. The van der Waals surface area contributed by atoms with Crippen LogP contribution in [0.4, 0.5) is 10.1 Å². The summed E-state index contributed by atoms with van der Waals surface area (Å²) in [5.41, 5.74) is 6.12. The van der Waals surface area contributed by atoms with E-state index in [1.807, 2.05) is 0 Å². The quantitative estimate of drug-likeness (QED) is 0.695. The zero-order valence-corrected chi connectivity index (χ0v) is 14.4. The van der Waals surface area contributed by atoms with E-state index in [1.54, 1.807) is 6.92 Å². The molecule has 10 heteroatoms. The predicted molar refractivity (Wildman–Crippen MR) is 91.3 cm³/mol. The van der Waals surface area contributed by atoms with Gasteiger partial charge in [-0.25, -0.2) is 9.07 Å². The molecule has 0 bridgehead atoms. The van der Waals surface area contributed by atoms with Crippen LogP contribution in [0.25, 0.3) is 0 Å². The lowest BCUT2D eigenvalue weighted by Crippen LogP contribution is -2.26. The van der Waals surface area contributed by atoms with Gasteiger partial charge in [-0.1, -0.05) is 28.9 Å². The summed E-state index contributed by atoms with van der Waals surface area (Å²) in [5, 5.41) is 18.0. The van der Waals surface area contributed by atoms with Gasteiger partial charge in [0.15, 0.2) is 6.17 Å². The molecule has 2 heterocycles. The Morgan fingerprint density at radius 1 is 1.38 bits per heavy atom. The molecule has 0 aliphatic heterocycles. The summed E-state index contributed by atoms with van der Waals surface area (Å²) < 4.78 is 20.5. The third-order valence-electron chi connectivity index (χ3n) is 3.83. The zero-order chi connectivity index (χ0) is 18.8. The van der Waals surface area contributed by atoms with E-state index < -0.39 is 17.8 Å². The minimum atomic E-state index is -1.91. The largest absolute Gasteiger partial charge is 0.397 e. The Kier molecular flexibility index (Phi) is 5.01. The van der Waals surface area contributed by atoms with Crippen molar-refractivity contribution in [3.63, 3.8) is 0 Å². The van der Waals surface area contributed by atoms with Crippen molar-refractivity contribution in [2.45, 2.75) is 25.7 Å². The standard InChI is InChI=1S/C16H15ClFN5O3/c1-8-11(19)6-20-23(16(8)25)7-12-21-15(22-26-12)13(18)14(24)9-2-4-10(17)5-3-9/h2-6,13-14,24H,7,19H2,1H3/t13?,14-/m0/s1. The van der Waals surface area contributed by atoms with Gasteiger partial charge in [0.25, 0.3) is 5.56 Å². The highest BCUT2D eigenvalue weighted by molar-refractivity contribution is 6.30. The van der Waals surface area contributed by atoms with Gasteiger partial charge in [-0.2, -0.15) is 10.1 Å². The molecule has 0 radical (unpaired) electrons. The van der Waals surface area contributed by atoms with Crippen molar-refractivity contribution < 1.29 is 14.0 Å². The molecule has 1 unspecified atom stereocenters. The maximum atomic E-state index is 14.5. The van der Waals surface area contributed by atoms with Crippen molar-refractivity contribution in [2.75, 3.05) is 5.73 Å². The third kappa shape index (κ3) is 3.58. The molecule has 1 aromatic carbocycles. The van der Waals surface area contributed by atoms with Gasteiger partial charge >= 0.3 is 0 Å². The topological polar surface area (TPSA) is 120 Å². The summed E-state index contributed by atoms with van der Waals surface area (Å²) in [4.78, 5) is 16.0. The molecule has 3 N–H and O–H groups in total. The molecule has 26 heavy (non-hydrogen) atoms. The highest BCUT2D eigenvalue weighted by Crippen LogP contribution is 2.31. The number of anilines is 1. The SMILES string of the molecule is Cc1c(N)cnn(Cc2nc(C(F)[C@@H](O)c3ccc(Cl)cc3)no2)c1=O. The molecule has 3 aromatic rings. The van der Waals surface area contributed by atoms with Gasteiger partial charge in [0, 0.05) is 10.6 Å². The van der Waals surface area contributed by atoms with Gasteiger partial charge in [-0.15, -0.1) is 0 Å². The molecule has 8 nitrogen and oxygen atoms in total. The van der Waals surface area contributed by atoms with Crippen LogP contribution in [-0.2, 0) is 6.54 Å². The highest BCUT2D eigenvalue weighted by atomic mass is 35.5. The average Bonchev–Trinajstić information content (AvgIpc) is 3.10. The first-order valence-electron chi connectivity index (χ1n) is 7.59. The summed E-state index contributed by atoms with van der Waals surface area (Å²) in [5.74, 6) is -0.354. The zero-order valence-electron chi connectivity index (χ0n) is 13.6. The summed E-state index contributed by atoms with van der Waals surface area (Å²) in [6.45, 7) is 1.42. The second-order valence-corrected chi connectivity index (χ2v) is 6.07. The molecule has 0 amide bonds. The maximum absolute atomic E-state index is 14.5. The number of nitrogens with two attached hydrogens (primary N) is 1. The van der Waals surface area contributed by atoms with Crippen molar-refractivity contribution in [3.8, 4) is 0 Å². The number of hydrogen-bond acceptors (Lipinski definition) is 7. The normalized spacial score (nSPS) is 13.5. The van der Waals surface area contributed by atoms with Crippen molar-refractivity contribution >= 4 is 17.3 Å². The Morgan fingerprint density at radius 2 is 2.08 bits per heavy atom. The van der Waals surface area contributed by atoms with Crippen LogP contribution in [-0.4, -0.2) is 25.0 Å². The van der Waals surface area contributed by atoms with E-state index in [1.165, 1.54) is 30.5 Å². The number of alkyl halides is 1. The number of aliphatic hydroxyl groups is 1. The number of hydrogen-bond donors (Lipinski definition) is 2. The van der Waals surface area contributed by atoms with Crippen molar-refractivity contribution in [3.05, 3.63) is 68.7 Å². The van der Waals surface area contributed by atoms with Gasteiger partial charge in [0.1, 0.15) is 12.6 Å². The molecular formula is C16H15ClFN5O3. The fraction of sp³-hybridized carbons (Fsp3) is 0.250. The van der Waals surface area contributed by atoms with E-state index in [9.17, 15) is 14.3 Å². The van der Waals surface area contributed by atoms with E-state index in [4.69, 9.17) is 21.9 Å². The maximum Gasteiger partial charge on any atom is 0.272 e. The fourth-order valence-corrected chi connectivity index (χ4v) is 2.38. The number of halogens is 2. The Bertz CT molecular complexity index is 973. The molecule has 2 atom stereocenters. The van der Waals surface area contributed by atoms with Crippen molar-refractivity contribution in [2.24, 2.45) is 0 Å². The smallest absolute Gasteiger partial charge is 0.272 e. The van der Waals surface area contributed by atoms with Gasteiger partial charge in [-0.3, -0.25) is 4.79 Å². The first-order valence-corrected chi connectivity index (χ1v) is 7.97. The molecule has 136 valence electrons. The minimum absolute atomic E-state index is 0.0234. The van der Waals surface area contributed by atoms with Crippen LogP contribution < -0.4 is 11.3 Å². The number of benzene rings is 1. The van der Waals surface area contributed by atoms with E-state index in [0.29, 0.717) is 16.1 Å². The first kappa shape index (κ1) is 18.0. The Labute approximate surface area is 152 Å². The fourth-order valence-electron chi connectivity index (χ4n) is 2.25. The second kappa shape index (κ2) is 7.22. The van der Waals surface area contributed by atoms with Crippen LogP contribution in [0.15, 0.2) is 39.8 Å². The Balaban J connectivity index is 1.78. The second-order valence-electron chi connectivity index (χ2n) is 5.63. The lowest BCUT2D eigenvalue weighted by molar-refractivity contribution is 0.0708. The highest BCUT2D eigenvalue weighted by Gasteiger charge is 2.27. The summed E-state index contributed by atoms with van der Waals surface area (Å²) in [6, 6.07) is 6.08. The molecule has 0 spiro atoms. The summed E-state index contributed by atoms with van der Waals surface area (Å²) in [6.07, 6.45) is -2.07. The van der Waals surface area contributed by atoms with E-state index in [0.717, 1.165) is 4.68 Å². The van der Waals surface area contributed by atoms with Gasteiger partial charge < -0.3 is 15.4 Å². The number of aromatic nitrogens is 4. The first-order chi connectivity index (χ1) is 12.4. The van der Waals surface area contributed by atoms with E-state index in [2.05, 4.69) is 15.2 Å². The molecule has 0 aliphatic carbocycles. The third-order valence-corrected chi connectivity index (χ3v) is 4.08. The molecular weight excluding hydrogens is 365 g/mol. The van der Waals surface area contributed by atoms with Crippen LogP contribution in [0, 0.1) is 6.92 Å². The van der Waals surface area contributed by atoms with Crippen molar-refractivity contribution in [1.29, 1.82) is 0 Å².